The van der Waals surface area contributed by atoms with Gasteiger partial charge >= 0.3 is 0 Å². The molecule has 0 unspecified atom stereocenters. The van der Waals surface area contributed by atoms with E-state index in [0.29, 0.717) is 33.8 Å². The van der Waals surface area contributed by atoms with Crippen molar-refractivity contribution < 1.29 is 22.5 Å². The van der Waals surface area contributed by atoms with Crippen LogP contribution in [0.3, 0.4) is 0 Å². The zero-order valence-electron chi connectivity index (χ0n) is 25.2. The van der Waals surface area contributed by atoms with Gasteiger partial charge in [0.2, 0.25) is 18.3 Å². The highest BCUT2D eigenvalue weighted by molar-refractivity contribution is 7.89. The second kappa shape index (κ2) is 13.4. The molecule has 8 nitrogen and oxygen atoms in total. The average molecular weight is 666 g/mol. The van der Waals surface area contributed by atoms with E-state index < -0.39 is 35.6 Å². The summed E-state index contributed by atoms with van der Waals surface area (Å²) in [6.45, 7) is 14.1. The van der Waals surface area contributed by atoms with E-state index in [4.69, 9.17) is 32.4 Å². The van der Waals surface area contributed by atoms with Crippen LogP contribution in [0, 0.1) is 10.1 Å². The van der Waals surface area contributed by atoms with Crippen LogP contribution in [0.15, 0.2) is 71.6 Å². The quantitative estimate of drug-likeness (QED) is 0.115. The van der Waals surface area contributed by atoms with Crippen molar-refractivity contribution in [3.63, 3.8) is 0 Å². The van der Waals surface area contributed by atoms with E-state index in [1.807, 2.05) is 24.3 Å². The third-order valence-corrected chi connectivity index (χ3v) is 16.8. The first-order valence-corrected chi connectivity index (χ1v) is 18.6. The van der Waals surface area contributed by atoms with Crippen LogP contribution in [0.1, 0.15) is 70.6 Å². The molecule has 1 aliphatic rings. The molecule has 0 aromatic heterocycles. The Morgan fingerprint density at radius 1 is 0.953 bits per heavy atom. The monoisotopic (exact) mass is 664 g/mol. The highest BCUT2D eigenvalue weighted by Gasteiger charge is 2.45. The van der Waals surface area contributed by atoms with Crippen molar-refractivity contribution in [2.45, 2.75) is 82.0 Å². The molecule has 0 aliphatic carbocycles. The Hall–Kier alpha value is -2.31. The number of benzene rings is 3. The summed E-state index contributed by atoms with van der Waals surface area (Å²) in [4.78, 5) is 10.5. The molecule has 3 aromatic rings. The number of sulfonamides is 1. The summed E-state index contributed by atoms with van der Waals surface area (Å²) >= 11 is 12.6. The topological polar surface area (TPSA) is 99.0 Å². The predicted octanol–water partition coefficient (Wildman–Crippen LogP) is 9.05. The van der Waals surface area contributed by atoms with E-state index in [0.717, 1.165) is 11.1 Å². The SMILES string of the molecule is CC(C)[Si](OCc1ccc([C@H]2CN(S(=O)(=O)c3ccc([N+](=O)[O-])cc3)[C@@H](c3ccc(Cl)cc3Cl)O2)cc1)(C(C)C)C(C)C. The fourth-order valence-corrected chi connectivity index (χ4v) is 13.7. The molecule has 1 aliphatic heterocycles. The molecule has 0 saturated carbocycles. The van der Waals surface area contributed by atoms with Crippen molar-refractivity contribution in [2.24, 2.45) is 0 Å². The molecular formula is C31H38Cl2N2O6SSi. The second-order valence-electron chi connectivity index (χ2n) is 11.8. The number of ether oxygens (including phenoxy) is 1. The molecule has 1 saturated heterocycles. The summed E-state index contributed by atoms with van der Waals surface area (Å²) in [5.74, 6) is 0. The van der Waals surface area contributed by atoms with Gasteiger partial charge in [0, 0.05) is 34.3 Å². The standard InChI is InChI=1S/C31H38Cl2N2O6SSi/c1-20(2)43(21(3)4,22(5)6)40-19-23-7-9-24(10-8-23)30-18-34(31(41-30)28-16-11-25(32)17-29(28)33)42(38,39)27-14-12-26(13-15-27)35(36)37/h7-17,20-22,30-31H,18-19H2,1-6H3/t30-,31-/m1/s1. The molecule has 232 valence electrons. The molecule has 1 fully saturated rings. The molecule has 0 N–H and O–H groups in total. The maximum atomic E-state index is 13.8. The fraction of sp³-hybridized carbons (Fsp3) is 0.419. The van der Waals surface area contributed by atoms with Gasteiger partial charge in [0.05, 0.1) is 22.5 Å². The minimum atomic E-state index is -4.13. The third-order valence-electron chi connectivity index (χ3n) is 8.33. The van der Waals surface area contributed by atoms with Crippen molar-refractivity contribution in [3.8, 4) is 0 Å². The number of hydrogen-bond acceptors (Lipinski definition) is 6. The summed E-state index contributed by atoms with van der Waals surface area (Å²) < 4.78 is 42.0. The van der Waals surface area contributed by atoms with Gasteiger partial charge in [-0.1, -0.05) is 95.1 Å². The van der Waals surface area contributed by atoms with Gasteiger partial charge in [-0.15, -0.1) is 0 Å². The number of hydrogen-bond donors (Lipinski definition) is 0. The first-order valence-electron chi connectivity index (χ1n) is 14.3. The number of non-ortho nitro benzene ring substituents is 1. The molecule has 4 rings (SSSR count). The maximum Gasteiger partial charge on any atom is 0.269 e. The van der Waals surface area contributed by atoms with E-state index in [2.05, 4.69) is 41.5 Å². The van der Waals surface area contributed by atoms with Crippen LogP contribution in [0.5, 0.6) is 0 Å². The van der Waals surface area contributed by atoms with Crippen LogP contribution in [-0.4, -0.2) is 32.5 Å². The van der Waals surface area contributed by atoms with Gasteiger partial charge in [0.15, 0.2) is 6.23 Å². The minimum absolute atomic E-state index is 0.0167. The highest BCUT2D eigenvalue weighted by Crippen LogP contribution is 2.45. The predicted molar refractivity (Wildman–Crippen MR) is 172 cm³/mol. The number of nitro benzene ring substituents is 1. The first-order chi connectivity index (χ1) is 20.2. The average Bonchev–Trinajstić information content (AvgIpc) is 3.39. The molecule has 0 radical (unpaired) electrons. The summed E-state index contributed by atoms with van der Waals surface area (Å²) in [5.41, 5.74) is 3.50. The van der Waals surface area contributed by atoms with E-state index in [-0.39, 0.29) is 22.2 Å². The number of halogens is 2. The normalized spacial score (nSPS) is 18.2. The van der Waals surface area contributed by atoms with Crippen LogP contribution in [0.2, 0.25) is 26.7 Å². The van der Waals surface area contributed by atoms with Gasteiger partial charge in [-0.2, -0.15) is 4.31 Å². The zero-order chi connectivity index (χ0) is 31.7. The van der Waals surface area contributed by atoms with Gasteiger partial charge in [0.1, 0.15) is 0 Å². The number of nitro groups is 1. The van der Waals surface area contributed by atoms with Crippen molar-refractivity contribution in [3.05, 3.63) is 104 Å². The summed E-state index contributed by atoms with van der Waals surface area (Å²) in [6.07, 6.45) is -1.62. The first kappa shape index (κ1) is 33.6. The van der Waals surface area contributed by atoms with Crippen LogP contribution < -0.4 is 0 Å². The van der Waals surface area contributed by atoms with Crippen LogP contribution in [0.25, 0.3) is 0 Å². The lowest BCUT2D eigenvalue weighted by molar-refractivity contribution is -0.384. The zero-order valence-corrected chi connectivity index (χ0v) is 28.5. The van der Waals surface area contributed by atoms with Crippen LogP contribution in [-0.2, 0) is 25.8 Å². The second-order valence-corrected chi connectivity index (χ2v) is 20.0. The molecule has 0 spiro atoms. The van der Waals surface area contributed by atoms with E-state index in [1.54, 1.807) is 12.1 Å². The summed E-state index contributed by atoms with van der Waals surface area (Å²) in [6, 6.07) is 17.5. The van der Waals surface area contributed by atoms with Crippen LogP contribution in [0.4, 0.5) is 5.69 Å². The Morgan fingerprint density at radius 3 is 2.05 bits per heavy atom. The lowest BCUT2D eigenvalue weighted by atomic mass is 10.1. The van der Waals surface area contributed by atoms with Crippen molar-refractivity contribution in [1.29, 1.82) is 0 Å². The lowest BCUT2D eigenvalue weighted by Crippen LogP contribution is -2.47. The van der Waals surface area contributed by atoms with E-state index in [1.165, 1.54) is 34.6 Å². The molecule has 0 bridgehead atoms. The summed E-state index contributed by atoms with van der Waals surface area (Å²) in [7, 11) is -6.16. The van der Waals surface area contributed by atoms with Gasteiger partial charge in [-0.05, 0) is 52.0 Å². The Kier molecular flexibility index (Phi) is 10.4. The smallest absolute Gasteiger partial charge is 0.269 e. The third kappa shape index (κ3) is 6.85. The van der Waals surface area contributed by atoms with Crippen molar-refractivity contribution in [1.82, 2.24) is 4.31 Å². The Labute approximate surface area is 265 Å². The Bertz CT molecular complexity index is 1530. The van der Waals surface area contributed by atoms with Crippen molar-refractivity contribution in [2.75, 3.05) is 6.54 Å². The molecule has 43 heavy (non-hydrogen) atoms. The van der Waals surface area contributed by atoms with Crippen LogP contribution >= 0.6 is 23.2 Å². The molecule has 2 atom stereocenters. The van der Waals surface area contributed by atoms with E-state index in [9.17, 15) is 18.5 Å². The molecule has 3 aromatic carbocycles. The van der Waals surface area contributed by atoms with E-state index >= 15 is 0 Å². The fourth-order valence-electron chi connectivity index (χ4n) is 6.28. The maximum absolute atomic E-state index is 13.8. The summed E-state index contributed by atoms with van der Waals surface area (Å²) in [5, 5.41) is 11.8. The molecule has 1 heterocycles. The van der Waals surface area contributed by atoms with Gasteiger partial charge in [0.25, 0.3) is 5.69 Å². The van der Waals surface area contributed by atoms with Crippen molar-refractivity contribution >= 4 is 47.2 Å². The Balaban J connectivity index is 1.62. The number of rotatable bonds is 11. The molecule has 12 heteroatoms. The minimum Gasteiger partial charge on any atom is -0.412 e. The lowest BCUT2D eigenvalue weighted by Gasteiger charge is -2.42. The molecular weight excluding hydrogens is 627 g/mol. The highest BCUT2D eigenvalue weighted by atomic mass is 35.5. The largest absolute Gasteiger partial charge is 0.412 e. The van der Waals surface area contributed by atoms with Gasteiger partial charge in [-0.3, -0.25) is 10.1 Å². The number of nitrogens with zero attached hydrogens (tertiary/aromatic N) is 2. The molecule has 0 amide bonds. The Morgan fingerprint density at radius 2 is 1.53 bits per heavy atom. The van der Waals surface area contributed by atoms with Gasteiger partial charge in [-0.25, -0.2) is 8.42 Å². The van der Waals surface area contributed by atoms with Gasteiger partial charge < -0.3 is 9.16 Å².